The van der Waals surface area contributed by atoms with Crippen molar-refractivity contribution in [2.75, 3.05) is 19.3 Å². The van der Waals surface area contributed by atoms with E-state index >= 15 is 0 Å². The predicted octanol–water partition coefficient (Wildman–Crippen LogP) is 1.83. The van der Waals surface area contributed by atoms with Gasteiger partial charge < -0.3 is 5.11 Å². The van der Waals surface area contributed by atoms with Crippen LogP contribution >= 0.6 is 11.6 Å². The van der Waals surface area contributed by atoms with Gasteiger partial charge in [-0.25, -0.2) is 12.7 Å². The summed E-state index contributed by atoms with van der Waals surface area (Å²) in [5.41, 5.74) is 0.651. The zero-order valence-electron chi connectivity index (χ0n) is 11.4. The second-order valence-corrected chi connectivity index (χ2v) is 7.67. The van der Waals surface area contributed by atoms with Gasteiger partial charge in [0.05, 0.1) is 17.4 Å². The molecule has 0 spiro atoms. The molecule has 1 saturated heterocycles. The lowest BCUT2D eigenvalue weighted by Gasteiger charge is -2.32. The summed E-state index contributed by atoms with van der Waals surface area (Å²) in [6.07, 6.45) is 5.90. The second-order valence-electron chi connectivity index (χ2n) is 5.28. The van der Waals surface area contributed by atoms with Gasteiger partial charge in [0, 0.05) is 31.0 Å². The van der Waals surface area contributed by atoms with Gasteiger partial charge in [-0.05, 0) is 31.2 Å². The molecule has 112 valence electrons. The van der Waals surface area contributed by atoms with Gasteiger partial charge in [-0.3, -0.25) is 4.98 Å². The Bertz CT molecular complexity index is 564. The molecule has 1 aliphatic heterocycles. The normalized spacial score (nSPS) is 22.6. The standard InChI is InChI=1S/C13H19ClN2O3S/c1-20(18,19)16-6-2-3-10(9-16)7-13(17)11-4-5-15-8-12(11)14/h4-5,8,10,13,17H,2-3,6-7,9H2,1H3. The minimum absolute atomic E-state index is 0.151. The molecule has 1 aliphatic rings. The molecule has 2 heterocycles. The smallest absolute Gasteiger partial charge is 0.211 e. The third kappa shape index (κ3) is 3.91. The molecule has 7 heteroatoms. The van der Waals surface area contributed by atoms with Gasteiger partial charge in [0.1, 0.15) is 0 Å². The quantitative estimate of drug-likeness (QED) is 0.919. The zero-order valence-corrected chi connectivity index (χ0v) is 12.9. The van der Waals surface area contributed by atoms with Crippen LogP contribution in [0.1, 0.15) is 30.9 Å². The predicted molar refractivity (Wildman–Crippen MR) is 78.0 cm³/mol. The monoisotopic (exact) mass is 318 g/mol. The van der Waals surface area contributed by atoms with E-state index in [1.165, 1.54) is 16.8 Å². The summed E-state index contributed by atoms with van der Waals surface area (Å²) in [5, 5.41) is 10.7. The lowest BCUT2D eigenvalue weighted by atomic mass is 9.91. The molecule has 2 unspecified atom stereocenters. The molecular formula is C13H19ClN2O3S. The van der Waals surface area contributed by atoms with Gasteiger partial charge in [-0.15, -0.1) is 0 Å². The molecule has 5 nitrogen and oxygen atoms in total. The number of halogens is 1. The SMILES string of the molecule is CS(=O)(=O)N1CCCC(CC(O)c2ccncc2Cl)C1. The number of nitrogens with zero attached hydrogens (tertiary/aromatic N) is 2. The highest BCUT2D eigenvalue weighted by atomic mass is 35.5. The van der Waals surface area contributed by atoms with Crippen LogP contribution in [-0.4, -0.2) is 42.2 Å². The summed E-state index contributed by atoms with van der Waals surface area (Å²) in [5.74, 6) is 0.151. The Morgan fingerprint density at radius 1 is 1.60 bits per heavy atom. The van der Waals surface area contributed by atoms with Crippen LogP contribution in [0.2, 0.25) is 5.02 Å². The van der Waals surface area contributed by atoms with E-state index in [1.54, 1.807) is 12.3 Å². The molecule has 0 bridgehead atoms. The average Bonchev–Trinajstić information content (AvgIpc) is 2.38. The fourth-order valence-corrected chi connectivity index (χ4v) is 3.81. The first-order valence-electron chi connectivity index (χ1n) is 6.60. The van der Waals surface area contributed by atoms with E-state index in [-0.39, 0.29) is 5.92 Å². The molecule has 0 saturated carbocycles. The lowest BCUT2D eigenvalue weighted by molar-refractivity contribution is 0.123. The fraction of sp³-hybridized carbons (Fsp3) is 0.615. The van der Waals surface area contributed by atoms with Gasteiger partial charge >= 0.3 is 0 Å². The Labute approximate surface area is 124 Å². The first-order chi connectivity index (χ1) is 9.38. The maximum Gasteiger partial charge on any atom is 0.211 e. The van der Waals surface area contributed by atoms with E-state index in [4.69, 9.17) is 11.6 Å². The Hall–Kier alpha value is -0.690. The van der Waals surface area contributed by atoms with Crippen LogP contribution in [0.3, 0.4) is 0 Å². The van der Waals surface area contributed by atoms with Crippen molar-refractivity contribution in [3.63, 3.8) is 0 Å². The van der Waals surface area contributed by atoms with Crippen LogP contribution in [0, 0.1) is 5.92 Å². The van der Waals surface area contributed by atoms with Crippen molar-refractivity contribution in [3.8, 4) is 0 Å². The highest BCUT2D eigenvalue weighted by Crippen LogP contribution is 2.31. The van der Waals surface area contributed by atoms with Gasteiger partial charge in [0.25, 0.3) is 0 Å². The van der Waals surface area contributed by atoms with E-state index in [0.717, 1.165) is 12.8 Å². The second kappa shape index (κ2) is 6.39. The van der Waals surface area contributed by atoms with Crippen LogP contribution in [0.5, 0.6) is 0 Å². The summed E-state index contributed by atoms with van der Waals surface area (Å²) in [7, 11) is -3.15. The summed E-state index contributed by atoms with van der Waals surface area (Å²) >= 11 is 6.01. The van der Waals surface area contributed by atoms with Crippen molar-refractivity contribution in [1.82, 2.24) is 9.29 Å². The number of piperidine rings is 1. The van der Waals surface area contributed by atoms with Gasteiger partial charge in [0.2, 0.25) is 10.0 Å². The molecule has 0 amide bonds. The largest absolute Gasteiger partial charge is 0.388 e. The van der Waals surface area contributed by atoms with Crippen LogP contribution in [0.15, 0.2) is 18.5 Å². The van der Waals surface area contributed by atoms with Crippen LogP contribution in [0.25, 0.3) is 0 Å². The molecular weight excluding hydrogens is 300 g/mol. The third-order valence-electron chi connectivity index (χ3n) is 3.67. The number of aliphatic hydroxyl groups is 1. The van der Waals surface area contributed by atoms with E-state index < -0.39 is 16.1 Å². The van der Waals surface area contributed by atoms with Gasteiger partial charge in [-0.2, -0.15) is 0 Å². The fourth-order valence-electron chi connectivity index (χ4n) is 2.62. The number of sulfonamides is 1. The number of pyridine rings is 1. The molecule has 2 rings (SSSR count). The topological polar surface area (TPSA) is 70.5 Å². The summed E-state index contributed by atoms with van der Waals surface area (Å²) < 4.78 is 24.6. The maximum absolute atomic E-state index is 11.6. The third-order valence-corrected chi connectivity index (χ3v) is 5.26. The van der Waals surface area contributed by atoms with Gasteiger partial charge in [0.15, 0.2) is 0 Å². The van der Waals surface area contributed by atoms with Crippen LogP contribution in [-0.2, 0) is 10.0 Å². The molecule has 2 atom stereocenters. The van der Waals surface area contributed by atoms with Crippen LogP contribution in [0.4, 0.5) is 0 Å². The number of aliphatic hydroxyl groups excluding tert-OH is 1. The highest BCUT2D eigenvalue weighted by molar-refractivity contribution is 7.88. The molecule has 1 fully saturated rings. The van der Waals surface area contributed by atoms with Crippen molar-refractivity contribution >= 4 is 21.6 Å². The summed E-state index contributed by atoms with van der Waals surface area (Å²) in [6, 6.07) is 1.70. The molecule has 20 heavy (non-hydrogen) atoms. The summed E-state index contributed by atoms with van der Waals surface area (Å²) in [4.78, 5) is 3.89. The van der Waals surface area contributed by atoms with Gasteiger partial charge in [-0.1, -0.05) is 11.6 Å². The summed E-state index contributed by atoms with van der Waals surface area (Å²) in [6.45, 7) is 1.04. The van der Waals surface area contributed by atoms with Crippen molar-refractivity contribution in [2.24, 2.45) is 5.92 Å². The molecule has 1 aromatic rings. The minimum Gasteiger partial charge on any atom is -0.388 e. The number of hydrogen-bond acceptors (Lipinski definition) is 4. The van der Waals surface area contributed by atoms with E-state index in [0.29, 0.717) is 30.1 Å². The van der Waals surface area contributed by atoms with Crippen LogP contribution < -0.4 is 0 Å². The number of hydrogen-bond donors (Lipinski definition) is 1. The Kier molecular flexibility index (Phi) is 5.01. The Morgan fingerprint density at radius 2 is 2.35 bits per heavy atom. The first kappa shape index (κ1) is 15.7. The van der Waals surface area contributed by atoms with E-state index in [9.17, 15) is 13.5 Å². The molecule has 1 aromatic heterocycles. The molecule has 0 radical (unpaired) electrons. The molecule has 0 aromatic carbocycles. The van der Waals surface area contributed by atoms with Crippen molar-refractivity contribution in [3.05, 3.63) is 29.0 Å². The van der Waals surface area contributed by atoms with E-state index in [1.807, 2.05) is 0 Å². The number of aromatic nitrogens is 1. The Morgan fingerprint density at radius 3 is 3.00 bits per heavy atom. The Balaban J connectivity index is 2.01. The van der Waals surface area contributed by atoms with E-state index in [2.05, 4.69) is 4.98 Å². The highest BCUT2D eigenvalue weighted by Gasteiger charge is 2.28. The maximum atomic E-state index is 11.6. The zero-order chi connectivity index (χ0) is 14.8. The van der Waals surface area contributed by atoms with Crippen molar-refractivity contribution in [1.29, 1.82) is 0 Å². The molecule has 0 aliphatic carbocycles. The van der Waals surface area contributed by atoms with Crippen molar-refractivity contribution < 1.29 is 13.5 Å². The first-order valence-corrected chi connectivity index (χ1v) is 8.83. The molecule has 1 N–H and O–H groups in total. The number of rotatable bonds is 4. The van der Waals surface area contributed by atoms with Crippen molar-refractivity contribution in [2.45, 2.75) is 25.4 Å². The minimum atomic E-state index is -3.15. The lowest BCUT2D eigenvalue weighted by Crippen LogP contribution is -2.39. The average molecular weight is 319 g/mol.